The fourth-order valence-corrected chi connectivity index (χ4v) is 6.76. The van der Waals surface area contributed by atoms with Gasteiger partial charge in [0.15, 0.2) is 0 Å². The van der Waals surface area contributed by atoms with E-state index in [1.807, 2.05) is 66.7 Å². The van der Waals surface area contributed by atoms with Gasteiger partial charge in [-0.1, -0.05) is 97.9 Å². The lowest BCUT2D eigenvalue weighted by atomic mass is 9.76. The first-order chi connectivity index (χ1) is 17.5. The van der Waals surface area contributed by atoms with Gasteiger partial charge in [0.05, 0.1) is 11.5 Å². The average molecular weight is 495 g/mol. The molecule has 4 nitrogen and oxygen atoms in total. The number of hydrogen-bond donors (Lipinski definition) is 2. The minimum atomic E-state index is -0.505. The Labute approximate surface area is 216 Å². The fraction of sp³-hybridized carbons (Fsp3) is 0.226. The van der Waals surface area contributed by atoms with E-state index in [1.165, 1.54) is 11.3 Å². The van der Waals surface area contributed by atoms with E-state index in [1.54, 1.807) is 0 Å². The van der Waals surface area contributed by atoms with E-state index < -0.39 is 11.8 Å². The molecule has 0 bridgehead atoms. The summed E-state index contributed by atoms with van der Waals surface area (Å²) in [4.78, 5) is 27.9. The molecule has 4 aromatic rings. The van der Waals surface area contributed by atoms with Crippen molar-refractivity contribution in [3.8, 4) is 0 Å². The van der Waals surface area contributed by atoms with Crippen LogP contribution >= 0.6 is 11.3 Å². The van der Waals surface area contributed by atoms with E-state index in [-0.39, 0.29) is 11.8 Å². The van der Waals surface area contributed by atoms with Gasteiger partial charge in [-0.2, -0.15) is 0 Å². The van der Waals surface area contributed by atoms with Gasteiger partial charge < -0.3 is 11.1 Å². The average Bonchev–Trinajstić information content (AvgIpc) is 3.25. The normalized spacial score (nSPS) is 15.8. The van der Waals surface area contributed by atoms with Gasteiger partial charge in [0.2, 0.25) is 5.91 Å². The Kier molecular flexibility index (Phi) is 7.01. The summed E-state index contributed by atoms with van der Waals surface area (Å²) in [6.07, 6.45) is 2.75. The van der Waals surface area contributed by atoms with Crippen LogP contribution in [-0.2, 0) is 17.6 Å². The first-order valence-electron chi connectivity index (χ1n) is 12.4. The van der Waals surface area contributed by atoms with Crippen LogP contribution in [0.15, 0.2) is 91.0 Å². The number of primary amides is 1. The molecule has 1 aliphatic carbocycles. The number of nitrogens with two attached hydrogens (primary N) is 1. The van der Waals surface area contributed by atoms with Crippen LogP contribution in [0.1, 0.15) is 62.7 Å². The van der Waals surface area contributed by atoms with Gasteiger partial charge in [-0.25, -0.2) is 0 Å². The lowest BCUT2D eigenvalue weighted by Crippen LogP contribution is -2.28. The third-order valence-corrected chi connectivity index (χ3v) is 8.26. The molecule has 0 aliphatic heterocycles. The summed E-state index contributed by atoms with van der Waals surface area (Å²) in [6.45, 7) is 2.22. The van der Waals surface area contributed by atoms with Gasteiger partial charge >= 0.3 is 0 Å². The first kappa shape index (κ1) is 24.0. The molecule has 0 saturated carbocycles. The Hall–Kier alpha value is -3.70. The molecule has 2 amide bonds. The summed E-state index contributed by atoms with van der Waals surface area (Å²) >= 11 is 1.51. The summed E-state index contributed by atoms with van der Waals surface area (Å²) in [5.74, 6) is -0.779. The fourth-order valence-electron chi connectivity index (χ4n) is 5.34. The predicted octanol–water partition coefficient (Wildman–Crippen LogP) is 6.53. The van der Waals surface area contributed by atoms with E-state index >= 15 is 0 Å². The monoisotopic (exact) mass is 494 g/mol. The minimum absolute atomic E-state index is 0.145. The number of anilines is 1. The summed E-state index contributed by atoms with van der Waals surface area (Å²) in [5, 5.41) is 3.74. The van der Waals surface area contributed by atoms with Crippen LogP contribution in [0.25, 0.3) is 0 Å². The van der Waals surface area contributed by atoms with Gasteiger partial charge in [-0.15, -0.1) is 11.3 Å². The summed E-state index contributed by atoms with van der Waals surface area (Å²) in [6, 6.07) is 30.1. The van der Waals surface area contributed by atoms with Gasteiger partial charge in [0.25, 0.3) is 5.91 Å². The van der Waals surface area contributed by atoms with Crippen LogP contribution in [0.5, 0.6) is 0 Å². The number of carbonyl (C=O) groups excluding carboxylic acids is 2. The van der Waals surface area contributed by atoms with Crippen molar-refractivity contribution in [2.24, 2.45) is 11.7 Å². The maximum absolute atomic E-state index is 14.2. The highest BCUT2D eigenvalue weighted by atomic mass is 32.1. The molecule has 0 saturated heterocycles. The molecular formula is C31H30N2O2S. The molecule has 5 rings (SSSR count). The van der Waals surface area contributed by atoms with Crippen LogP contribution in [0.3, 0.4) is 0 Å². The second kappa shape index (κ2) is 10.5. The van der Waals surface area contributed by atoms with Crippen molar-refractivity contribution in [3.05, 3.63) is 124 Å². The molecule has 2 unspecified atom stereocenters. The largest absolute Gasteiger partial charge is 0.365 e. The Balaban J connectivity index is 1.60. The molecule has 1 aromatic heterocycles. The lowest BCUT2D eigenvalue weighted by Gasteiger charge is -2.28. The number of rotatable bonds is 7. The molecule has 3 aromatic carbocycles. The Morgan fingerprint density at radius 3 is 1.92 bits per heavy atom. The smallest absolute Gasteiger partial charge is 0.251 e. The van der Waals surface area contributed by atoms with Crippen molar-refractivity contribution in [1.82, 2.24) is 0 Å². The highest BCUT2D eigenvalue weighted by molar-refractivity contribution is 7.17. The van der Waals surface area contributed by atoms with Crippen LogP contribution in [0.2, 0.25) is 0 Å². The molecule has 0 fully saturated rings. The second-order valence-corrected chi connectivity index (χ2v) is 10.7. The van der Waals surface area contributed by atoms with Crippen LogP contribution in [0, 0.1) is 5.92 Å². The quantitative estimate of drug-likeness (QED) is 0.307. The van der Waals surface area contributed by atoms with Crippen molar-refractivity contribution in [2.45, 2.75) is 38.0 Å². The van der Waals surface area contributed by atoms with E-state index in [4.69, 9.17) is 5.73 Å². The van der Waals surface area contributed by atoms with Crippen molar-refractivity contribution in [1.29, 1.82) is 0 Å². The van der Waals surface area contributed by atoms with Crippen LogP contribution < -0.4 is 11.1 Å². The molecule has 2 atom stereocenters. The zero-order chi connectivity index (χ0) is 25.1. The van der Waals surface area contributed by atoms with Crippen molar-refractivity contribution in [3.63, 3.8) is 0 Å². The van der Waals surface area contributed by atoms with Crippen molar-refractivity contribution >= 4 is 28.2 Å². The molecule has 1 aliphatic rings. The first-order valence-corrected chi connectivity index (χ1v) is 13.2. The number of thiophene rings is 1. The van der Waals surface area contributed by atoms with E-state index in [2.05, 4.69) is 36.5 Å². The highest BCUT2D eigenvalue weighted by Crippen LogP contribution is 2.42. The number of hydrogen-bond acceptors (Lipinski definition) is 3. The van der Waals surface area contributed by atoms with Crippen LogP contribution in [0.4, 0.5) is 5.00 Å². The number of fused-ring (bicyclic) bond motifs is 1. The second-order valence-electron chi connectivity index (χ2n) is 9.60. The molecule has 182 valence electrons. The molecule has 3 N–H and O–H groups in total. The van der Waals surface area contributed by atoms with E-state index in [0.717, 1.165) is 46.4 Å². The maximum Gasteiger partial charge on any atom is 0.251 e. The third kappa shape index (κ3) is 4.84. The number of nitrogens with one attached hydrogen (secondary N) is 1. The number of amides is 2. The molecule has 0 radical (unpaired) electrons. The molecule has 1 heterocycles. The Morgan fingerprint density at radius 2 is 1.39 bits per heavy atom. The van der Waals surface area contributed by atoms with Gasteiger partial charge in [0, 0.05) is 10.8 Å². The van der Waals surface area contributed by atoms with E-state index in [9.17, 15) is 9.59 Å². The zero-order valence-electron chi connectivity index (χ0n) is 20.3. The van der Waals surface area contributed by atoms with Gasteiger partial charge in [0.1, 0.15) is 5.00 Å². The van der Waals surface area contributed by atoms with Crippen molar-refractivity contribution in [2.75, 3.05) is 5.32 Å². The Bertz CT molecular complexity index is 1310. The molecule has 36 heavy (non-hydrogen) atoms. The molecule has 5 heteroatoms. The topological polar surface area (TPSA) is 72.2 Å². The summed E-state index contributed by atoms with van der Waals surface area (Å²) in [7, 11) is 0. The number of benzene rings is 3. The molecule has 0 spiro atoms. The summed E-state index contributed by atoms with van der Waals surface area (Å²) in [5.41, 5.74) is 10.4. The van der Waals surface area contributed by atoms with Gasteiger partial charge in [-0.05, 0) is 47.4 Å². The lowest BCUT2D eigenvalue weighted by molar-refractivity contribution is -0.117. The SMILES string of the molecule is CC1CCc2c(sc(NC(=O)C(c3ccccc3)C(c3ccccc3)c3ccccc3)c2C(N)=O)C1. The van der Waals surface area contributed by atoms with Crippen LogP contribution in [-0.4, -0.2) is 11.8 Å². The maximum atomic E-state index is 14.2. The highest BCUT2D eigenvalue weighted by Gasteiger charge is 2.34. The van der Waals surface area contributed by atoms with E-state index in [0.29, 0.717) is 16.5 Å². The van der Waals surface area contributed by atoms with Gasteiger partial charge in [-0.3, -0.25) is 9.59 Å². The predicted molar refractivity (Wildman–Crippen MR) is 147 cm³/mol. The third-order valence-electron chi connectivity index (χ3n) is 7.09. The molecular weight excluding hydrogens is 464 g/mol. The zero-order valence-corrected chi connectivity index (χ0v) is 21.1. The van der Waals surface area contributed by atoms with Crippen molar-refractivity contribution < 1.29 is 9.59 Å². The Morgan fingerprint density at radius 1 is 0.861 bits per heavy atom. The standard InChI is InChI=1S/C31H30N2O2S/c1-20-17-18-24-25(19-20)36-31(28(24)29(32)34)33-30(35)27(23-15-9-4-10-16-23)26(21-11-5-2-6-12-21)22-13-7-3-8-14-22/h2-16,20,26-27H,17-19H2,1H3,(H2,32,34)(H,33,35). The summed E-state index contributed by atoms with van der Waals surface area (Å²) < 4.78 is 0. The number of carbonyl (C=O) groups is 2. The minimum Gasteiger partial charge on any atom is -0.365 e.